The lowest BCUT2D eigenvalue weighted by Gasteiger charge is -2.36. The summed E-state index contributed by atoms with van der Waals surface area (Å²) in [6.45, 7) is 4.25. The van der Waals surface area contributed by atoms with E-state index in [0.717, 1.165) is 17.2 Å². The Kier molecular flexibility index (Phi) is 7.66. The molecular weight excluding hydrogens is 402 g/mol. The smallest absolute Gasteiger partial charge is 0.226 e. The molecule has 0 unspecified atom stereocenters. The molecule has 0 amide bonds. The summed E-state index contributed by atoms with van der Waals surface area (Å²) in [6, 6.07) is 7.78. The van der Waals surface area contributed by atoms with Crippen molar-refractivity contribution in [3.05, 3.63) is 29.3 Å². The van der Waals surface area contributed by atoms with Crippen LogP contribution in [-0.2, 0) is 4.84 Å². The van der Waals surface area contributed by atoms with Gasteiger partial charge in [-0.15, -0.1) is 28.7 Å². The van der Waals surface area contributed by atoms with Gasteiger partial charge in [-0.1, -0.05) is 11.6 Å². The van der Waals surface area contributed by atoms with Crippen molar-refractivity contribution in [1.29, 1.82) is 0 Å². The Balaban J connectivity index is 0.00000264. The Labute approximate surface area is 156 Å². The van der Waals surface area contributed by atoms with Crippen LogP contribution in [0.1, 0.15) is 20.3 Å². The summed E-state index contributed by atoms with van der Waals surface area (Å²) in [5.41, 5.74) is 10.8. The predicted molar refractivity (Wildman–Crippen MR) is 102 cm³/mol. The standard InChI is InChI=1S/C14H20ClN5OS.BrH/c1-14(2)19-12(16)18-13(17)20(14)21-8-3-9-22-11-6-4-10(15)5-7-11;/h4-7H,3,8-9H2,1-2H3,(H4,16,17,18,19);1H. The number of nitrogens with zero attached hydrogens (tertiary/aromatic N) is 3. The van der Waals surface area contributed by atoms with E-state index in [2.05, 4.69) is 9.98 Å². The zero-order valence-electron chi connectivity index (χ0n) is 13.0. The highest BCUT2D eigenvalue weighted by molar-refractivity contribution is 8.93. The largest absolute Gasteiger partial charge is 0.368 e. The molecule has 1 aliphatic rings. The number of hydroxylamine groups is 2. The van der Waals surface area contributed by atoms with Crippen LogP contribution in [0.3, 0.4) is 0 Å². The molecule has 23 heavy (non-hydrogen) atoms. The second-order valence-corrected chi connectivity index (χ2v) is 6.82. The summed E-state index contributed by atoms with van der Waals surface area (Å²) in [5.74, 6) is 1.32. The summed E-state index contributed by atoms with van der Waals surface area (Å²) < 4.78 is 0. The molecule has 0 aromatic heterocycles. The molecule has 0 fully saturated rings. The first kappa shape index (κ1) is 20.1. The van der Waals surface area contributed by atoms with Crippen molar-refractivity contribution in [2.24, 2.45) is 21.5 Å². The number of hydrogen-bond acceptors (Lipinski definition) is 7. The Hall–Kier alpha value is -0.960. The van der Waals surface area contributed by atoms with Gasteiger partial charge in [0.1, 0.15) is 0 Å². The van der Waals surface area contributed by atoms with Crippen LogP contribution in [0.2, 0.25) is 5.02 Å². The van der Waals surface area contributed by atoms with Crippen LogP contribution in [0.15, 0.2) is 39.1 Å². The summed E-state index contributed by atoms with van der Waals surface area (Å²) >= 11 is 7.61. The third-order valence-corrected chi connectivity index (χ3v) is 4.26. The van der Waals surface area contributed by atoms with E-state index < -0.39 is 5.66 Å². The van der Waals surface area contributed by atoms with Gasteiger partial charge in [0.2, 0.25) is 11.9 Å². The molecule has 0 bridgehead atoms. The second-order valence-electron chi connectivity index (χ2n) is 5.22. The number of hydrogen-bond donors (Lipinski definition) is 2. The quantitative estimate of drug-likeness (QED) is 0.543. The van der Waals surface area contributed by atoms with Crippen LogP contribution in [0.25, 0.3) is 0 Å². The van der Waals surface area contributed by atoms with Crippen LogP contribution in [0.5, 0.6) is 0 Å². The van der Waals surface area contributed by atoms with Crippen LogP contribution in [-0.4, -0.2) is 35.0 Å². The van der Waals surface area contributed by atoms with Crippen molar-refractivity contribution in [2.45, 2.75) is 30.8 Å². The molecule has 6 nitrogen and oxygen atoms in total. The van der Waals surface area contributed by atoms with Gasteiger partial charge in [-0.3, -0.25) is 4.84 Å². The lowest BCUT2D eigenvalue weighted by atomic mass is 10.2. The molecule has 9 heteroatoms. The summed E-state index contributed by atoms with van der Waals surface area (Å²) in [4.78, 5) is 15.0. The highest BCUT2D eigenvalue weighted by Crippen LogP contribution is 2.22. The topological polar surface area (TPSA) is 89.2 Å². The minimum absolute atomic E-state index is 0. The molecule has 0 spiro atoms. The zero-order valence-corrected chi connectivity index (χ0v) is 16.3. The Bertz CT molecular complexity index is 579. The molecule has 0 saturated carbocycles. The average Bonchev–Trinajstić information content (AvgIpc) is 2.42. The number of thioether (sulfide) groups is 1. The molecule has 4 N–H and O–H groups in total. The minimum Gasteiger partial charge on any atom is -0.368 e. The van der Waals surface area contributed by atoms with E-state index in [1.165, 1.54) is 9.96 Å². The van der Waals surface area contributed by atoms with Gasteiger partial charge in [0.15, 0.2) is 5.66 Å². The number of rotatable bonds is 6. The van der Waals surface area contributed by atoms with E-state index in [9.17, 15) is 0 Å². The molecule has 0 aliphatic carbocycles. The first-order valence-electron chi connectivity index (χ1n) is 6.89. The maximum absolute atomic E-state index is 5.85. The molecule has 1 aromatic carbocycles. The molecule has 128 valence electrons. The van der Waals surface area contributed by atoms with Crippen molar-refractivity contribution in [2.75, 3.05) is 12.4 Å². The molecule has 1 aromatic rings. The molecule has 1 aliphatic heterocycles. The van der Waals surface area contributed by atoms with Gasteiger partial charge in [-0.2, -0.15) is 10.1 Å². The van der Waals surface area contributed by atoms with Gasteiger partial charge >= 0.3 is 0 Å². The van der Waals surface area contributed by atoms with Crippen LogP contribution in [0.4, 0.5) is 0 Å². The average molecular weight is 423 g/mol. The SMILES string of the molecule is Br.CC1(C)N=C(N)N=C(N)N1OCCCSc1ccc(Cl)cc1. The van der Waals surface area contributed by atoms with Crippen LogP contribution >= 0.6 is 40.3 Å². The zero-order chi connectivity index (χ0) is 16.2. The van der Waals surface area contributed by atoms with Crippen molar-refractivity contribution < 1.29 is 4.84 Å². The van der Waals surface area contributed by atoms with Gasteiger partial charge < -0.3 is 11.5 Å². The first-order valence-corrected chi connectivity index (χ1v) is 8.26. The molecular formula is C14H21BrClN5OS. The lowest BCUT2D eigenvalue weighted by Crippen LogP contribution is -2.53. The van der Waals surface area contributed by atoms with E-state index in [4.69, 9.17) is 27.9 Å². The maximum atomic E-state index is 5.85. The number of guanidine groups is 2. The predicted octanol–water partition coefficient (Wildman–Crippen LogP) is 3.01. The van der Waals surface area contributed by atoms with E-state index >= 15 is 0 Å². The van der Waals surface area contributed by atoms with Crippen LogP contribution in [0, 0.1) is 0 Å². The maximum Gasteiger partial charge on any atom is 0.226 e. The highest BCUT2D eigenvalue weighted by atomic mass is 79.9. The van der Waals surface area contributed by atoms with E-state index in [1.54, 1.807) is 11.8 Å². The summed E-state index contributed by atoms with van der Waals surface area (Å²) in [7, 11) is 0. The number of halogens is 2. The van der Waals surface area contributed by atoms with E-state index in [1.807, 2.05) is 38.1 Å². The van der Waals surface area contributed by atoms with E-state index in [-0.39, 0.29) is 28.9 Å². The number of aliphatic imine (C=N–C) groups is 2. The van der Waals surface area contributed by atoms with Crippen molar-refractivity contribution in [1.82, 2.24) is 5.06 Å². The fraction of sp³-hybridized carbons (Fsp3) is 0.429. The first-order chi connectivity index (χ1) is 10.4. The minimum atomic E-state index is -0.654. The van der Waals surface area contributed by atoms with E-state index in [0.29, 0.717) is 6.61 Å². The van der Waals surface area contributed by atoms with Gasteiger partial charge in [0.25, 0.3) is 0 Å². The van der Waals surface area contributed by atoms with Crippen LogP contribution < -0.4 is 11.5 Å². The number of nitrogens with two attached hydrogens (primary N) is 2. The molecule has 1 heterocycles. The third kappa shape index (κ3) is 5.87. The summed E-state index contributed by atoms with van der Waals surface area (Å²) in [6.07, 6.45) is 0.867. The molecule has 0 atom stereocenters. The number of benzene rings is 1. The fourth-order valence-corrected chi connectivity index (χ4v) is 2.91. The van der Waals surface area contributed by atoms with Gasteiger partial charge in [0, 0.05) is 15.7 Å². The molecule has 0 radical (unpaired) electrons. The van der Waals surface area contributed by atoms with Gasteiger partial charge in [-0.05, 0) is 44.5 Å². The Morgan fingerprint density at radius 2 is 1.91 bits per heavy atom. The highest BCUT2D eigenvalue weighted by Gasteiger charge is 2.32. The molecule has 0 saturated heterocycles. The molecule has 2 rings (SSSR count). The fourth-order valence-electron chi connectivity index (χ4n) is 1.95. The Morgan fingerprint density at radius 1 is 1.26 bits per heavy atom. The van der Waals surface area contributed by atoms with Crippen molar-refractivity contribution in [3.63, 3.8) is 0 Å². The second kappa shape index (κ2) is 8.77. The van der Waals surface area contributed by atoms with Gasteiger partial charge in [-0.25, -0.2) is 4.99 Å². The normalized spacial score (nSPS) is 16.4. The monoisotopic (exact) mass is 421 g/mol. The van der Waals surface area contributed by atoms with Crippen molar-refractivity contribution >= 4 is 52.3 Å². The summed E-state index contributed by atoms with van der Waals surface area (Å²) in [5, 5.41) is 2.24. The Morgan fingerprint density at radius 3 is 2.52 bits per heavy atom. The third-order valence-electron chi connectivity index (χ3n) is 2.91. The lowest BCUT2D eigenvalue weighted by molar-refractivity contribution is -0.156. The van der Waals surface area contributed by atoms with Gasteiger partial charge in [0.05, 0.1) is 6.61 Å². The van der Waals surface area contributed by atoms with Crippen molar-refractivity contribution in [3.8, 4) is 0 Å².